The van der Waals surface area contributed by atoms with Gasteiger partial charge in [-0.25, -0.2) is 0 Å². The molecule has 0 fully saturated rings. The van der Waals surface area contributed by atoms with Crippen LogP contribution in [-0.4, -0.2) is 43.1 Å². The second kappa shape index (κ2) is 9.92. The van der Waals surface area contributed by atoms with Crippen LogP contribution in [0.25, 0.3) is 0 Å². The first-order valence-electron chi connectivity index (χ1n) is 8.67. The van der Waals surface area contributed by atoms with Gasteiger partial charge in [0.05, 0.1) is 25.7 Å². The second-order valence-electron chi connectivity index (χ2n) is 6.46. The molecule has 0 aliphatic carbocycles. The van der Waals surface area contributed by atoms with Crippen LogP contribution in [0.4, 0.5) is 0 Å². The van der Waals surface area contributed by atoms with Crippen molar-refractivity contribution in [1.82, 2.24) is 0 Å². The van der Waals surface area contributed by atoms with Crippen LogP contribution in [0, 0.1) is 0 Å². The Kier molecular flexibility index (Phi) is 8.59. The van der Waals surface area contributed by atoms with Crippen molar-refractivity contribution < 1.29 is 38.0 Å². The molecule has 2 aromatic carbocycles. The lowest BCUT2D eigenvalue weighted by molar-refractivity contribution is -0.928. The summed E-state index contributed by atoms with van der Waals surface area (Å²) in [7, 11) is 2.25. The summed E-state index contributed by atoms with van der Waals surface area (Å²) >= 11 is 0. The van der Waals surface area contributed by atoms with Crippen molar-refractivity contribution in [2.75, 3.05) is 26.7 Å². The zero-order chi connectivity index (χ0) is 17.6. The number of carbonyl (C=O) groups is 1. The number of hydrogen-bond donors (Lipinski definition) is 0. The van der Waals surface area contributed by atoms with Crippen molar-refractivity contribution in [2.45, 2.75) is 26.8 Å². The lowest BCUT2D eigenvalue weighted by Gasteiger charge is -2.38. The smallest absolute Gasteiger partial charge is 0.196 e. The standard InChI is InChI=1S/C21H28NO2.HI/c1-5-22(4,6-2)17(3)16-24-20-15-11-10-14-19(20)21(23)18-12-8-7-9-13-18;/h7-15,17H,5-6,16H2,1-4H3;1H/q+1;/p-1. The van der Waals surface area contributed by atoms with Crippen LogP contribution in [0.5, 0.6) is 5.75 Å². The van der Waals surface area contributed by atoms with Gasteiger partial charge < -0.3 is 33.2 Å². The number of para-hydroxylation sites is 1. The molecule has 0 radical (unpaired) electrons. The first kappa shape index (κ1) is 21.6. The molecule has 1 unspecified atom stereocenters. The van der Waals surface area contributed by atoms with E-state index < -0.39 is 0 Å². The molecule has 0 aliphatic heterocycles. The molecule has 0 saturated carbocycles. The van der Waals surface area contributed by atoms with Crippen molar-refractivity contribution in [3.63, 3.8) is 0 Å². The molecule has 0 aromatic heterocycles. The third-order valence-corrected chi connectivity index (χ3v) is 5.16. The number of likely N-dealkylation sites (N-methyl/N-ethyl adjacent to an activating group) is 1. The minimum absolute atomic E-state index is 0. The Labute approximate surface area is 168 Å². The van der Waals surface area contributed by atoms with Crippen LogP contribution in [0.15, 0.2) is 54.6 Å². The molecule has 1 atom stereocenters. The van der Waals surface area contributed by atoms with E-state index in [-0.39, 0.29) is 29.8 Å². The maximum Gasteiger partial charge on any atom is 0.196 e. The first-order valence-corrected chi connectivity index (χ1v) is 8.67. The number of ketones is 1. The van der Waals surface area contributed by atoms with Gasteiger partial charge in [0.15, 0.2) is 5.78 Å². The van der Waals surface area contributed by atoms with E-state index in [1.54, 1.807) is 0 Å². The molecule has 3 nitrogen and oxygen atoms in total. The molecule has 0 N–H and O–H groups in total. The summed E-state index contributed by atoms with van der Waals surface area (Å²) in [4.78, 5) is 12.7. The van der Waals surface area contributed by atoms with Gasteiger partial charge in [-0.05, 0) is 32.9 Å². The van der Waals surface area contributed by atoms with Gasteiger partial charge in [0, 0.05) is 5.56 Å². The maximum absolute atomic E-state index is 12.7. The molecular weight excluding hydrogens is 425 g/mol. The predicted octanol–water partition coefficient (Wildman–Crippen LogP) is 1.18. The summed E-state index contributed by atoms with van der Waals surface area (Å²) < 4.78 is 7.01. The molecule has 25 heavy (non-hydrogen) atoms. The van der Waals surface area contributed by atoms with Crippen molar-refractivity contribution >= 4 is 5.78 Å². The number of quaternary nitrogens is 1. The predicted molar refractivity (Wildman–Crippen MR) is 98.5 cm³/mol. The Morgan fingerprint density at radius 2 is 1.56 bits per heavy atom. The molecule has 0 bridgehead atoms. The van der Waals surface area contributed by atoms with E-state index >= 15 is 0 Å². The van der Waals surface area contributed by atoms with E-state index in [2.05, 4.69) is 27.8 Å². The second-order valence-corrected chi connectivity index (χ2v) is 6.46. The Morgan fingerprint density at radius 1 is 1.00 bits per heavy atom. The number of hydrogen-bond acceptors (Lipinski definition) is 2. The fourth-order valence-electron chi connectivity index (χ4n) is 2.76. The molecule has 0 heterocycles. The molecular formula is C21H28INO2. The van der Waals surface area contributed by atoms with Crippen LogP contribution in [0.1, 0.15) is 36.7 Å². The molecule has 2 rings (SSSR count). The number of ether oxygens (including phenoxy) is 1. The van der Waals surface area contributed by atoms with Crippen LogP contribution in [-0.2, 0) is 0 Å². The van der Waals surface area contributed by atoms with Gasteiger partial charge in [-0.2, -0.15) is 0 Å². The minimum Gasteiger partial charge on any atom is -1.00 e. The van der Waals surface area contributed by atoms with Gasteiger partial charge >= 0.3 is 0 Å². The summed E-state index contributed by atoms with van der Waals surface area (Å²) in [5, 5.41) is 0. The monoisotopic (exact) mass is 453 g/mol. The fraction of sp³-hybridized carbons (Fsp3) is 0.381. The molecule has 4 heteroatoms. The largest absolute Gasteiger partial charge is 1.00 e. The lowest BCUT2D eigenvalue weighted by atomic mass is 10.0. The van der Waals surface area contributed by atoms with E-state index in [1.807, 2.05) is 54.6 Å². The van der Waals surface area contributed by atoms with Crippen molar-refractivity contribution in [2.24, 2.45) is 0 Å². The zero-order valence-electron chi connectivity index (χ0n) is 15.5. The molecule has 2 aromatic rings. The van der Waals surface area contributed by atoms with Gasteiger partial charge in [0.1, 0.15) is 18.4 Å². The average molecular weight is 453 g/mol. The highest BCUT2D eigenvalue weighted by atomic mass is 127. The summed E-state index contributed by atoms with van der Waals surface area (Å²) in [5.74, 6) is 0.666. The van der Waals surface area contributed by atoms with Crippen LogP contribution < -0.4 is 28.7 Å². The van der Waals surface area contributed by atoms with Gasteiger partial charge in [-0.3, -0.25) is 4.79 Å². The third kappa shape index (κ3) is 5.28. The van der Waals surface area contributed by atoms with E-state index in [1.165, 1.54) is 0 Å². The zero-order valence-corrected chi connectivity index (χ0v) is 17.7. The Hall–Kier alpha value is -1.40. The van der Waals surface area contributed by atoms with E-state index in [0.29, 0.717) is 29.5 Å². The molecule has 136 valence electrons. The summed E-state index contributed by atoms with van der Waals surface area (Å²) in [6.45, 7) is 9.32. The number of rotatable bonds is 8. The third-order valence-electron chi connectivity index (χ3n) is 5.16. The van der Waals surface area contributed by atoms with Crippen molar-refractivity contribution in [3.05, 3.63) is 65.7 Å². The number of benzene rings is 2. The minimum atomic E-state index is 0. The van der Waals surface area contributed by atoms with Crippen molar-refractivity contribution in [1.29, 1.82) is 0 Å². The van der Waals surface area contributed by atoms with Gasteiger partial charge in [0.25, 0.3) is 0 Å². The van der Waals surface area contributed by atoms with E-state index in [9.17, 15) is 4.79 Å². The SMILES string of the molecule is CC[N+](C)(CC)C(C)COc1ccccc1C(=O)c1ccccc1.[I-]. The lowest BCUT2D eigenvalue weighted by Crippen LogP contribution is -3.00. The van der Waals surface area contributed by atoms with Gasteiger partial charge in [0.2, 0.25) is 0 Å². The van der Waals surface area contributed by atoms with Gasteiger partial charge in [-0.15, -0.1) is 0 Å². The van der Waals surface area contributed by atoms with E-state index in [0.717, 1.165) is 17.6 Å². The summed E-state index contributed by atoms with van der Waals surface area (Å²) in [5.41, 5.74) is 1.31. The van der Waals surface area contributed by atoms with Crippen LogP contribution in [0.3, 0.4) is 0 Å². The Balaban J connectivity index is 0.00000312. The van der Waals surface area contributed by atoms with Crippen LogP contribution in [0.2, 0.25) is 0 Å². The Morgan fingerprint density at radius 3 is 2.16 bits per heavy atom. The number of nitrogens with zero attached hydrogens (tertiary/aromatic N) is 1. The van der Waals surface area contributed by atoms with E-state index in [4.69, 9.17) is 4.74 Å². The normalized spacial score (nSPS) is 12.2. The number of halogens is 1. The molecule has 0 amide bonds. The quantitative estimate of drug-likeness (QED) is 0.341. The molecule has 0 spiro atoms. The average Bonchev–Trinajstić information content (AvgIpc) is 2.65. The highest BCUT2D eigenvalue weighted by molar-refractivity contribution is 6.10. The fourth-order valence-corrected chi connectivity index (χ4v) is 2.76. The topological polar surface area (TPSA) is 26.3 Å². The van der Waals surface area contributed by atoms with Crippen LogP contribution >= 0.6 is 0 Å². The number of carbonyl (C=O) groups excluding carboxylic acids is 1. The van der Waals surface area contributed by atoms with Gasteiger partial charge in [-0.1, -0.05) is 42.5 Å². The Bertz CT molecular complexity index is 669. The maximum atomic E-state index is 12.7. The van der Waals surface area contributed by atoms with Crippen molar-refractivity contribution in [3.8, 4) is 5.75 Å². The highest BCUT2D eigenvalue weighted by Gasteiger charge is 2.26. The summed E-state index contributed by atoms with van der Waals surface area (Å²) in [6, 6.07) is 17.2. The first-order chi connectivity index (χ1) is 11.5. The highest BCUT2D eigenvalue weighted by Crippen LogP contribution is 2.22. The summed E-state index contributed by atoms with van der Waals surface area (Å²) in [6.07, 6.45) is 0. The molecule has 0 saturated heterocycles. The molecule has 0 aliphatic rings.